The molecule has 0 spiro atoms. The number of phenols is 1. The highest BCUT2D eigenvalue weighted by Crippen LogP contribution is 2.41. The molecular formula is C21H19FN2O2S. The maximum Gasteiger partial charge on any atom is 0.266 e. The van der Waals surface area contributed by atoms with Gasteiger partial charge in [0, 0.05) is 28.4 Å². The summed E-state index contributed by atoms with van der Waals surface area (Å²) in [6.07, 6.45) is 0. The quantitative estimate of drug-likeness (QED) is 0.531. The second-order valence-corrected chi connectivity index (χ2v) is 7.80. The Kier molecular flexibility index (Phi) is 4.25. The van der Waals surface area contributed by atoms with E-state index in [0.29, 0.717) is 21.0 Å². The van der Waals surface area contributed by atoms with Gasteiger partial charge in [-0.3, -0.25) is 4.79 Å². The molecule has 2 aromatic heterocycles. The number of aromatic hydroxyl groups is 1. The fourth-order valence-electron chi connectivity index (χ4n) is 3.40. The summed E-state index contributed by atoms with van der Waals surface area (Å²) in [5.41, 5.74) is 2.23. The zero-order valence-electron chi connectivity index (χ0n) is 15.2. The van der Waals surface area contributed by atoms with Crippen molar-refractivity contribution in [3.8, 4) is 16.9 Å². The van der Waals surface area contributed by atoms with Crippen LogP contribution in [-0.4, -0.2) is 29.1 Å². The first-order valence-electron chi connectivity index (χ1n) is 8.60. The van der Waals surface area contributed by atoms with E-state index in [-0.39, 0.29) is 22.9 Å². The van der Waals surface area contributed by atoms with Gasteiger partial charge in [-0.05, 0) is 43.6 Å². The van der Waals surface area contributed by atoms with E-state index in [4.69, 9.17) is 0 Å². The molecule has 0 amide bonds. The Morgan fingerprint density at radius 3 is 2.56 bits per heavy atom. The first-order valence-corrected chi connectivity index (χ1v) is 9.48. The monoisotopic (exact) mass is 382 g/mol. The van der Waals surface area contributed by atoms with E-state index in [1.807, 2.05) is 38.4 Å². The van der Waals surface area contributed by atoms with Gasteiger partial charge in [0.1, 0.15) is 10.4 Å². The van der Waals surface area contributed by atoms with Crippen molar-refractivity contribution in [1.29, 1.82) is 0 Å². The summed E-state index contributed by atoms with van der Waals surface area (Å²) in [7, 11) is 4.03. The number of fused-ring (bicyclic) bond motifs is 3. The molecule has 2 N–H and O–H groups in total. The second kappa shape index (κ2) is 6.48. The summed E-state index contributed by atoms with van der Waals surface area (Å²) in [6, 6.07) is 11.0. The summed E-state index contributed by atoms with van der Waals surface area (Å²) in [5.74, 6) is -0.790. The Bertz CT molecular complexity index is 1210. The molecule has 6 heteroatoms. The van der Waals surface area contributed by atoms with E-state index >= 15 is 0 Å². The second-order valence-electron chi connectivity index (χ2n) is 6.88. The van der Waals surface area contributed by atoms with Crippen LogP contribution >= 0.6 is 11.3 Å². The maximum atomic E-state index is 14.5. The Hall–Kier alpha value is -2.70. The molecule has 4 aromatic rings. The summed E-state index contributed by atoms with van der Waals surface area (Å²) in [4.78, 5) is 17.0. The van der Waals surface area contributed by atoms with Gasteiger partial charge in [0.15, 0.2) is 5.82 Å². The average molecular weight is 382 g/mol. The molecule has 1 atom stereocenters. The molecule has 0 saturated carbocycles. The predicted octanol–water partition coefficient (Wildman–Crippen LogP) is 4.88. The van der Waals surface area contributed by atoms with Crippen LogP contribution in [-0.2, 0) is 0 Å². The lowest BCUT2D eigenvalue weighted by Crippen LogP contribution is -2.16. The Morgan fingerprint density at radius 1 is 1.19 bits per heavy atom. The predicted molar refractivity (Wildman–Crippen MR) is 109 cm³/mol. The van der Waals surface area contributed by atoms with Gasteiger partial charge in [-0.2, -0.15) is 0 Å². The summed E-state index contributed by atoms with van der Waals surface area (Å²) < 4.78 is 15.0. The first kappa shape index (κ1) is 17.7. The molecule has 2 heterocycles. The van der Waals surface area contributed by atoms with Crippen molar-refractivity contribution in [3.05, 3.63) is 63.5 Å². The van der Waals surface area contributed by atoms with E-state index in [1.54, 1.807) is 11.4 Å². The minimum atomic E-state index is -0.644. The minimum Gasteiger partial charge on any atom is -0.507 e. The molecule has 4 nitrogen and oxygen atoms in total. The zero-order valence-corrected chi connectivity index (χ0v) is 16.0. The van der Waals surface area contributed by atoms with Crippen molar-refractivity contribution in [2.24, 2.45) is 0 Å². The number of thiophene rings is 1. The number of pyridine rings is 1. The van der Waals surface area contributed by atoms with Crippen molar-refractivity contribution in [3.63, 3.8) is 0 Å². The number of aromatic amines is 1. The molecular weight excluding hydrogens is 363 g/mol. The van der Waals surface area contributed by atoms with E-state index in [9.17, 15) is 14.3 Å². The Morgan fingerprint density at radius 2 is 1.89 bits per heavy atom. The van der Waals surface area contributed by atoms with Crippen LogP contribution in [0.3, 0.4) is 0 Å². The van der Waals surface area contributed by atoms with Crippen LogP contribution in [0.1, 0.15) is 18.5 Å². The summed E-state index contributed by atoms with van der Waals surface area (Å²) in [5, 5.41) is 13.5. The van der Waals surface area contributed by atoms with Crippen LogP contribution in [0.5, 0.6) is 5.75 Å². The molecule has 1 unspecified atom stereocenters. The number of halogens is 1. The number of benzene rings is 2. The van der Waals surface area contributed by atoms with Crippen LogP contribution in [0, 0.1) is 5.82 Å². The van der Waals surface area contributed by atoms with Crippen molar-refractivity contribution < 1.29 is 9.50 Å². The first-order chi connectivity index (χ1) is 12.9. The lowest BCUT2D eigenvalue weighted by Gasteiger charge is -2.20. The van der Waals surface area contributed by atoms with Gasteiger partial charge in [-0.1, -0.05) is 24.3 Å². The van der Waals surface area contributed by atoms with Crippen molar-refractivity contribution in [1.82, 2.24) is 9.88 Å². The molecule has 0 radical (unpaired) electrons. The van der Waals surface area contributed by atoms with Gasteiger partial charge in [0.25, 0.3) is 5.56 Å². The standard InChI is InChI=1S/C21H19FN2O2S/c1-11(24(2)3)12-4-6-13(7-5-12)17-16(25)10-15(22)19-18(17)14-8-9-27-20(14)21(26)23-19/h4-11,25H,1-3H3,(H,23,26). The lowest BCUT2D eigenvalue weighted by molar-refractivity contribution is 0.321. The molecule has 0 saturated heterocycles. The van der Waals surface area contributed by atoms with Gasteiger partial charge < -0.3 is 15.0 Å². The topological polar surface area (TPSA) is 56.3 Å². The van der Waals surface area contributed by atoms with E-state index < -0.39 is 5.82 Å². The highest BCUT2D eigenvalue weighted by Gasteiger charge is 2.19. The molecule has 2 aromatic carbocycles. The number of nitrogens with one attached hydrogen (secondary N) is 1. The van der Waals surface area contributed by atoms with E-state index in [1.165, 1.54) is 11.3 Å². The summed E-state index contributed by atoms with van der Waals surface area (Å²) in [6.45, 7) is 2.11. The third-order valence-corrected chi connectivity index (χ3v) is 6.01. The van der Waals surface area contributed by atoms with Crippen LogP contribution < -0.4 is 5.56 Å². The molecule has 0 fully saturated rings. The average Bonchev–Trinajstić information content (AvgIpc) is 3.13. The number of hydrogen-bond acceptors (Lipinski definition) is 4. The molecule has 138 valence electrons. The smallest absolute Gasteiger partial charge is 0.266 e. The summed E-state index contributed by atoms with van der Waals surface area (Å²) >= 11 is 1.30. The van der Waals surface area contributed by atoms with Crippen LogP contribution in [0.25, 0.3) is 32.1 Å². The molecule has 0 aliphatic heterocycles. The van der Waals surface area contributed by atoms with Gasteiger partial charge in [0.2, 0.25) is 0 Å². The number of nitrogens with zero attached hydrogens (tertiary/aromatic N) is 1. The fourth-order valence-corrected chi connectivity index (χ4v) is 4.19. The minimum absolute atomic E-state index is 0.115. The third kappa shape index (κ3) is 2.81. The molecule has 0 aliphatic carbocycles. The Labute approximate surface area is 159 Å². The van der Waals surface area contributed by atoms with Crippen molar-refractivity contribution >= 4 is 32.3 Å². The van der Waals surface area contributed by atoms with Gasteiger partial charge in [-0.25, -0.2) is 4.39 Å². The lowest BCUT2D eigenvalue weighted by atomic mass is 9.95. The number of rotatable bonds is 3. The SMILES string of the molecule is CC(c1ccc(-c2c(O)cc(F)c3[nH]c(=O)c4sccc4c23)cc1)N(C)C. The van der Waals surface area contributed by atoms with Crippen molar-refractivity contribution in [2.45, 2.75) is 13.0 Å². The largest absolute Gasteiger partial charge is 0.507 e. The van der Waals surface area contributed by atoms with E-state index in [2.05, 4.69) is 16.8 Å². The van der Waals surface area contributed by atoms with Crippen LogP contribution in [0.4, 0.5) is 4.39 Å². The number of hydrogen-bond donors (Lipinski definition) is 2. The maximum absolute atomic E-state index is 14.5. The molecule has 4 rings (SSSR count). The highest BCUT2D eigenvalue weighted by atomic mass is 32.1. The van der Waals surface area contributed by atoms with Crippen LogP contribution in [0.15, 0.2) is 46.6 Å². The van der Waals surface area contributed by atoms with E-state index in [0.717, 1.165) is 17.2 Å². The zero-order chi connectivity index (χ0) is 19.3. The van der Waals surface area contributed by atoms with Gasteiger partial charge >= 0.3 is 0 Å². The molecule has 27 heavy (non-hydrogen) atoms. The number of phenolic OH excluding ortho intramolecular Hbond substituents is 1. The number of aromatic nitrogens is 1. The highest BCUT2D eigenvalue weighted by molar-refractivity contribution is 7.17. The van der Waals surface area contributed by atoms with Gasteiger partial charge in [0.05, 0.1) is 5.52 Å². The normalized spacial score (nSPS) is 12.9. The van der Waals surface area contributed by atoms with Crippen LogP contribution in [0.2, 0.25) is 0 Å². The van der Waals surface area contributed by atoms with Crippen molar-refractivity contribution in [2.75, 3.05) is 14.1 Å². The third-order valence-electron chi connectivity index (χ3n) is 5.09. The fraction of sp³-hybridized carbons (Fsp3) is 0.190. The van der Waals surface area contributed by atoms with Gasteiger partial charge in [-0.15, -0.1) is 11.3 Å². The Balaban J connectivity index is 2.02. The number of H-pyrrole nitrogens is 1. The molecule has 0 aliphatic rings. The molecule has 0 bridgehead atoms.